The molecule has 1 rings (SSSR count). The van der Waals surface area contributed by atoms with Crippen molar-refractivity contribution in [1.82, 2.24) is 4.31 Å². The maximum atomic E-state index is 12.4. The van der Waals surface area contributed by atoms with E-state index in [0.29, 0.717) is 5.69 Å². The van der Waals surface area contributed by atoms with Gasteiger partial charge >= 0.3 is 0 Å². The van der Waals surface area contributed by atoms with Crippen LogP contribution in [-0.2, 0) is 10.0 Å². The summed E-state index contributed by atoms with van der Waals surface area (Å²) in [6.07, 6.45) is 0. The second kappa shape index (κ2) is 5.23. The highest BCUT2D eigenvalue weighted by molar-refractivity contribution is 7.89. The zero-order valence-corrected chi connectivity index (χ0v) is 11.5. The molecule has 0 heterocycles. The third-order valence-corrected chi connectivity index (χ3v) is 5.05. The Bertz CT molecular complexity index is 514. The van der Waals surface area contributed by atoms with E-state index in [9.17, 15) is 13.5 Å². The van der Waals surface area contributed by atoms with Crippen LogP contribution < -0.4 is 11.3 Å². The van der Waals surface area contributed by atoms with E-state index in [4.69, 9.17) is 5.84 Å². The van der Waals surface area contributed by atoms with Gasteiger partial charge in [0.05, 0.1) is 17.8 Å². The minimum absolute atomic E-state index is 0.0801. The van der Waals surface area contributed by atoms with Crippen molar-refractivity contribution in [2.24, 2.45) is 5.84 Å². The highest BCUT2D eigenvalue weighted by Gasteiger charge is 2.34. The smallest absolute Gasteiger partial charge is 0.245 e. The van der Waals surface area contributed by atoms with E-state index in [2.05, 4.69) is 5.43 Å². The molecule has 0 amide bonds. The zero-order valence-electron chi connectivity index (χ0n) is 10.7. The fourth-order valence-electron chi connectivity index (χ4n) is 1.38. The molecule has 0 unspecified atom stereocenters. The lowest BCUT2D eigenvalue weighted by molar-refractivity contribution is 0.138. The van der Waals surface area contributed by atoms with Gasteiger partial charge in [-0.2, -0.15) is 4.31 Å². The van der Waals surface area contributed by atoms with E-state index >= 15 is 0 Å². The topological polar surface area (TPSA) is 95.7 Å². The number of benzene rings is 1. The Kier molecular flexibility index (Phi) is 4.33. The van der Waals surface area contributed by atoms with Gasteiger partial charge in [0.2, 0.25) is 10.0 Å². The first-order valence-electron chi connectivity index (χ1n) is 5.43. The molecule has 0 spiro atoms. The molecule has 0 bridgehead atoms. The van der Waals surface area contributed by atoms with E-state index in [1.807, 2.05) is 0 Å². The number of nitrogens with two attached hydrogens (primary N) is 1. The van der Waals surface area contributed by atoms with Gasteiger partial charge in [-0.1, -0.05) is 12.1 Å². The number of hydrazine groups is 1. The monoisotopic (exact) mass is 273 g/mol. The van der Waals surface area contributed by atoms with Crippen molar-refractivity contribution >= 4 is 15.7 Å². The van der Waals surface area contributed by atoms with E-state index < -0.39 is 15.6 Å². The predicted molar refractivity (Wildman–Crippen MR) is 70.4 cm³/mol. The summed E-state index contributed by atoms with van der Waals surface area (Å²) in [4.78, 5) is 0.0801. The van der Waals surface area contributed by atoms with Crippen LogP contribution in [0.4, 0.5) is 5.69 Å². The van der Waals surface area contributed by atoms with Gasteiger partial charge in [-0.15, -0.1) is 0 Å². The van der Waals surface area contributed by atoms with E-state index in [1.54, 1.807) is 32.0 Å². The molecule has 0 aromatic heterocycles. The second-order valence-electron chi connectivity index (χ2n) is 4.58. The minimum atomic E-state index is -3.72. The molecular formula is C11H19N3O3S. The third-order valence-electron chi connectivity index (χ3n) is 2.92. The Morgan fingerprint density at radius 1 is 1.39 bits per heavy atom. The summed E-state index contributed by atoms with van der Waals surface area (Å²) < 4.78 is 26.0. The molecule has 0 fully saturated rings. The first-order chi connectivity index (χ1) is 8.27. The van der Waals surface area contributed by atoms with E-state index in [1.165, 1.54) is 13.1 Å². The summed E-state index contributed by atoms with van der Waals surface area (Å²) in [5.41, 5.74) is 1.79. The molecule has 1 aromatic rings. The molecule has 0 saturated carbocycles. The number of nitrogens with zero attached hydrogens (tertiary/aromatic N) is 1. The van der Waals surface area contributed by atoms with Crippen molar-refractivity contribution in [3.63, 3.8) is 0 Å². The van der Waals surface area contributed by atoms with Gasteiger partial charge < -0.3 is 10.5 Å². The van der Waals surface area contributed by atoms with Crippen LogP contribution >= 0.6 is 0 Å². The van der Waals surface area contributed by atoms with Gasteiger partial charge in [0.1, 0.15) is 4.90 Å². The number of rotatable bonds is 5. The number of likely N-dealkylation sites (N-methyl/N-ethyl adjacent to an activating group) is 1. The molecule has 6 nitrogen and oxygen atoms in total. The van der Waals surface area contributed by atoms with E-state index in [-0.39, 0.29) is 11.5 Å². The Labute approximate surface area is 107 Å². The molecule has 0 aliphatic carbocycles. The second-order valence-corrected chi connectivity index (χ2v) is 6.52. The molecule has 7 heteroatoms. The lowest BCUT2D eigenvalue weighted by Gasteiger charge is -2.33. The van der Waals surface area contributed by atoms with Crippen molar-refractivity contribution in [2.45, 2.75) is 24.3 Å². The van der Waals surface area contributed by atoms with Crippen LogP contribution in [0, 0.1) is 0 Å². The van der Waals surface area contributed by atoms with Crippen LogP contribution in [0.15, 0.2) is 29.2 Å². The minimum Gasteiger partial charge on any atom is -0.394 e. The summed E-state index contributed by atoms with van der Waals surface area (Å²) in [6.45, 7) is 3.01. The number of hydrogen-bond donors (Lipinski definition) is 3. The molecule has 0 saturated heterocycles. The highest BCUT2D eigenvalue weighted by atomic mass is 32.2. The number of anilines is 1. The third kappa shape index (κ3) is 2.64. The predicted octanol–water partition coefficient (Wildman–Crippen LogP) is 0.364. The number of nitrogen functional groups attached to an aromatic ring is 1. The van der Waals surface area contributed by atoms with Crippen LogP contribution in [0.2, 0.25) is 0 Å². The molecule has 0 aliphatic heterocycles. The summed E-state index contributed by atoms with van der Waals surface area (Å²) >= 11 is 0. The van der Waals surface area contributed by atoms with Crippen LogP contribution in [0.3, 0.4) is 0 Å². The Morgan fingerprint density at radius 2 is 1.94 bits per heavy atom. The Morgan fingerprint density at radius 3 is 2.44 bits per heavy atom. The largest absolute Gasteiger partial charge is 0.394 e. The first kappa shape index (κ1) is 14.9. The van der Waals surface area contributed by atoms with Gasteiger partial charge in [0.15, 0.2) is 0 Å². The molecular weight excluding hydrogens is 254 g/mol. The summed E-state index contributed by atoms with van der Waals surface area (Å²) in [7, 11) is -2.29. The van der Waals surface area contributed by atoms with Gasteiger partial charge in [-0.25, -0.2) is 8.42 Å². The Balaban J connectivity index is 3.30. The van der Waals surface area contributed by atoms with Crippen molar-refractivity contribution in [3.05, 3.63) is 24.3 Å². The average Bonchev–Trinajstić information content (AvgIpc) is 2.37. The fraction of sp³-hybridized carbons (Fsp3) is 0.455. The average molecular weight is 273 g/mol. The van der Waals surface area contributed by atoms with Crippen LogP contribution in [0.25, 0.3) is 0 Å². The zero-order chi connectivity index (χ0) is 14.0. The molecule has 102 valence electrons. The van der Waals surface area contributed by atoms with E-state index in [0.717, 1.165) is 4.31 Å². The lowest BCUT2D eigenvalue weighted by Crippen LogP contribution is -2.47. The van der Waals surface area contributed by atoms with Crippen molar-refractivity contribution in [1.29, 1.82) is 0 Å². The van der Waals surface area contributed by atoms with Gasteiger partial charge in [-0.3, -0.25) is 5.84 Å². The molecule has 18 heavy (non-hydrogen) atoms. The molecule has 4 N–H and O–H groups in total. The number of hydrogen-bond acceptors (Lipinski definition) is 5. The number of aliphatic hydroxyl groups excluding tert-OH is 1. The summed E-state index contributed by atoms with van der Waals surface area (Å²) in [5, 5.41) is 9.25. The summed E-state index contributed by atoms with van der Waals surface area (Å²) in [5.74, 6) is 5.31. The Hall–Kier alpha value is -1.15. The number of sulfonamides is 1. The van der Waals surface area contributed by atoms with Gasteiger partial charge in [0, 0.05) is 7.05 Å². The van der Waals surface area contributed by atoms with Crippen LogP contribution in [0.1, 0.15) is 13.8 Å². The lowest BCUT2D eigenvalue weighted by atomic mass is 10.1. The maximum absolute atomic E-state index is 12.4. The first-order valence-corrected chi connectivity index (χ1v) is 6.87. The highest BCUT2D eigenvalue weighted by Crippen LogP contribution is 2.27. The quantitative estimate of drug-likeness (QED) is 0.532. The van der Waals surface area contributed by atoms with Crippen molar-refractivity contribution in [3.8, 4) is 0 Å². The number of para-hydroxylation sites is 1. The van der Waals surface area contributed by atoms with Gasteiger partial charge in [0.25, 0.3) is 0 Å². The van der Waals surface area contributed by atoms with Crippen molar-refractivity contribution < 1.29 is 13.5 Å². The van der Waals surface area contributed by atoms with Crippen LogP contribution in [0.5, 0.6) is 0 Å². The summed E-state index contributed by atoms with van der Waals surface area (Å²) in [6, 6.07) is 6.35. The fourth-order valence-corrected chi connectivity index (χ4v) is 3.04. The van der Waals surface area contributed by atoms with Crippen LogP contribution in [-0.4, -0.2) is 37.0 Å². The maximum Gasteiger partial charge on any atom is 0.245 e. The standard InChI is InChI=1S/C11H19N3O3S/c1-11(2,8-15)14(3)18(16,17)10-7-5-4-6-9(10)13-12/h4-7,13,15H,8,12H2,1-3H3. The normalized spacial score (nSPS) is 12.8. The molecule has 0 radical (unpaired) electrons. The van der Waals surface area contributed by atoms with Crippen molar-refractivity contribution in [2.75, 3.05) is 19.1 Å². The molecule has 0 aliphatic rings. The molecule has 0 atom stereocenters. The van der Waals surface area contributed by atoms with Gasteiger partial charge in [-0.05, 0) is 26.0 Å². The number of nitrogens with one attached hydrogen (secondary N) is 1. The number of aliphatic hydroxyl groups is 1. The molecule has 1 aromatic carbocycles. The SMILES string of the molecule is CN(C(C)(C)CO)S(=O)(=O)c1ccccc1NN.